The van der Waals surface area contributed by atoms with Gasteiger partial charge in [-0.3, -0.25) is 10.1 Å². The van der Waals surface area contributed by atoms with Crippen molar-refractivity contribution in [2.45, 2.75) is 37.8 Å². The molecule has 21 heavy (non-hydrogen) atoms. The van der Waals surface area contributed by atoms with Crippen LogP contribution >= 0.6 is 0 Å². The van der Waals surface area contributed by atoms with Gasteiger partial charge in [0.25, 0.3) is 0 Å². The first-order valence-electron chi connectivity index (χ1n) is 7.54. The molecule has 0 radical (unpaired) electrons. The van der Waals surface area contributed by atoms with Crippen molar-refractivity contribution in [3.8, 4) is 5.75 Å². The Morgan fingerprint density at radius 1 is 1.38 bits per heavy atom. The number of ether oxygens (including phenoxy) is 1. The number of anilines is 1. The zero-order valence-electron chi connectivity index (χ0n) is 12.2. The summed E-state index contributed by atoms with van der Waals surface area (Å²) in [6, 6.07) is 6.11. The van der Waals surface area contributed by atoms with E-state index in [1.165, 1.54) is 13.5 Å². The third kappa shape index (κ3) is 2.55. The lowest BCUT2D eigenvalue weighted by atomic mass is 10.0. The number of hydrogen-bond acceptors (Lipinski definition) is 5. The van der Waals surface area contributed by atoms with Crippen LogP contribution in [0.4, 0.5) is 11.4 Å². The molecule has 0 bridgehead atoms. The number of nitro groups is 1. The minimum atomic E-state index is -0.328. The van der Waals surface area contributed by atoms with Gasteiger partial charge in [0.1, 0.15) is 5.69 Å². The van der Waals surface area contributed by atoms with E-state index in [1.807, 2.05) is 12.1 Å². The third-order valence-corrected chi connectivity index (χ3v) is 4.55. The maximum Gasteiger partial charge on any atom is 0.333 e. The highest BCUT2D eigenvalue weighted by atomic mass is 16.6. The van der Waals surface area contributed by atoms with E-state index in [0.717, 1.165) is 32.4 Å². The van der Waals surface area contributed by atoms with E-state index in [-0.39, 0.29) is 10.6 Å². The highest BCUT2D eigenvalue weighted by Crippen LogP contribution is 2.40. The average Bonchev–Trinajstić information content (AvgIpc) is 3.16. The number of benzene rings is 1. The summed E-state index contributed by atoms with van der Waals surface area (Å²) in [5.41, 5.74) is 0.778. The topological polar surface area (TPSA) is 67.6 Å². The van der Waals surface area contributed by atoms with Crippen LogP contribution in [0.3, 0.4) is 0 Å². The summed E-state index contributed by atoms with van der Waals surface area (Å²) in [4.78, 5) is 13.3. The minimum Gasteiger partial charge on any atom is -0.490 e. The molecule has 1 aromatic carbocycles. The molecule has 2 aliphatic rings. The van der Waals surface area contributed by atoms with Crippen molar-refractivity contribution in [2.24, 2.45) is 0 Å². The number of para-hydroxylation sites is 1. The highest BCUT2D eigenvalue weighted by Gasteiger charge is 2.37. The molecule has 2 heterocycles. The summed E-state index contributed by atoms with van der Waals surface area (Å²) >= 11 is 0. The van der Waals surface area contributed by atoms with Gasteiger partial charge in [-0.1, -0.05) is 6.07 Å². The molecule has 2 atom stereocenters. The first-order chi connectivity index (χ1) is 10.2. The van der Waals surface area contributed by atoms with Crippen LogP contribution in [0.5, 0.6) is 5.75 Å². The number of rotatable bonds is 4. The maximum absolute atomic E-state index is 11.5. The van der Waals surface area contributed by atoms with Crippen molar-refractivity contribution in [1.29, 1.82) is 0 Å². The van der Waals surface area contributed by atoms with Crippen molar-refractivity contribution < 1.29 is 9.66 Å². The SMILES string of the molecule is COc1cccc(N2CCCC2C2CCCN2)c1[N+](=O)[O-]. The van der Waals surface area contributed by atoms with Gasteiger partial charge >= 0.3 is 5.69 Å². The lowest BCUT2D eigenvalue weighted by Gasteiger charge is -2.31. The summed E-state index contributed by atoms with van der Waals surface area (Å²) in [5.74, 6) is 0.336. The molecule has 2 aliphatic heterocycles. The van der Waals surface area contributed by atoms with E-state index in [1.54, 1.807) is 6.07 Å². The van der Waals surface area contributed by atoms with E-state index in [4.69, 9.17) is 4.74 Å². The van der Waals surface area contributed by atoms with Crippen molar-refractivity contribution in [3.05, 3.63) is 28.3 Å². The Balaban J connectivity index is 1.96. The molecule has 2 fully saturated rings. The smallest absolute Gasteiger partial charge is 0.333 e. The molecular weight excluding hydrogens is 270 g/mol. The zero-order chi connectivity index (χ0) is 14.8. The van der Waals surface area contributed by atoms with Crippen molar-refractivity contribution in [1.82, 2.24) is 5.32 Å². The first kappa shape index (κ1) is 14.1. The molecule has 6 nitrogen and oxygen atoms in total. The molecule has 1 N–H and O–H groups in total. The Morgan fingerprint density at radius 2 is 2.24 bits per heavy atom. The Labute approximate surface area is 124 Å². The summed E-state index contributed by atoms with van der Waals surface area (Å²) in [7, 11) is 1.48. The monoisotopic (exact) mass is 291 g/mol. The molecule has 1 aromatic rings. The second-order valence-corrected chi connectivity index (χ2v) is 5.69. The Morgan fingerprint density at radius 3 is 2.90 bits per heavy atom. The molecule has 2 saturated heterocycles. The van der Waals surface area contributed by atoms with Crippen LogP contribution < -0.4 is 15.0 Å². The molecule has 2 unspecified atom stereocenters. The predicted molar refractivity (Wildman–Crippen MR) is 81.0 cm³/mol. The number of methoxy groups -OCH3 is 1. The van der Waals surface area contributed by atoms with Crippen LogP contribution in [0.2, 0.25) is 0 Å². The van der Waals surface area contributed by atoms with Crippen LogP contribution in [-0.2, 0) is 0 Å². The molecule has 6 heteroatoms. The van der Waals surface area contributed by atoms with Crippen LogP contribution in [-0.4, -0.2) is 37.2 Å². The van der Waals surface area contributed by atoms with Crippen LogP contribution in [0.15, 0.2) is 18.2 Å². The van der Waals surface area contributed by atoms with Crippen LogP contribution in [0.25, 0.3) is 0 Å². The maximum atomic E-state index is 11.5. The van der Waals surface area contributed by atoms with Crippen LogP contribution in [0.1, 0.15) is 25.7 Å². The van der Waals surface area contributed by atoms with Gasteiger partial charge in [0.05, 0.1) is 12.0 Å². The summed E-state index contributed by atoms with van der Waals surface area (Å²) < 4.78 is 5.18. The molecule has 114 valence electrons. The fourth-order valence-corrected chi connectivity index (χ4v) is 3.64. The minimum absolute atomic E-state index is 0.0879. The third-order valence-electron chi connectivity index (χ3n) is 4.55. The lowest BCUT2D eigenvalue weighted by Crippen LogP contribution is -2.44. The van der Waals surface area contributed by atoms with Gasteiger partial charge in [-0.25, -0.2) is 0 Å². The van der Waals surface area contributed by atoms with E-state index in [9.17, 15) is 10.1 Å². The molecule has 0 aliphatic carbocycles. The molecule has 0 amide bonds. The van der Waals surface area contributed by atoms with E-state index in [2.05, 4.69) is 10.2 Å². The Kier molecular flexibility index (Phi) is 3.96. The summed E-state index contributed by atoms with van der Waals surface area (Å²) in [6.07, 6.45) is 4.51. The number of nitrogens with one attached hydrogen (secondary N) is 1. The molecule has 0 saturated carbocycles. The van der Waals surface area contributed by atoms with E-state index < -0.39 is 0 Å². The van der Waals surface area contributed by atoms with Crippen LogP contribution in [0, 0.1) is 10.1 Å². The fourth-order valence-electron chi connectivity index (χ4n) is 3.64. The van der Waals surface area contributed by atoms with Gasteiger partial charge in [-0.2, -0.15) is 0 Å². The second kappa shape index (κ2) is 5.89. The fraction of sp³-hybridized carbons (Fsp3) is 0.600. The zero-order valence-corrected chi connectivity index (χ0v) is 12.2. The largest absolute Gasteiger partial charge is 0.490 e. The summed E-state index contributed by atoms with van der Waals surface area (Å²) in [5, 5.41) is 15.0. The molecular formula is C15H21N3O3. The molecule has 3 rings (SSSR count). The molecule has 0 spiro atoms. The first-order valence-corrected chi connectivity index (χ1v) is 7.54. The van der Waals surface area contributed by atoms with E-state index >= 15 is 0 Å². The van der Waals surface area contributed by atoms with E-state index in [0.29, 0.717) is 23.5 Å². The quantitative estimate of drug-likeness (QED) is 0.681. The molecule has 0 aromatic heterocycles. The van der Waals surface area contributed by atoms with Gasteiger partial charge in [0.15, 0.2) is 5.75 Å². The number of hydrogen-bond donors (Lipinski definition) is 1. The van der Waals surface area contributed by atoms with Gasteiger partial charge in [0, 0.05) is 18.6 Å². The average molecular weight is 291 g/mol. The van der Waals surface area contributed by atoms with Gasteiger partial charge < -0.3 is 15.0 Å². The lowest BCUT2D eigenvalue weighted by molar-refractivity contribution is -0.385. The Bertz CT molecular complexity index is 529. The number of nitrogens with zero attached hydrogens (tertiary/aromatic N) is 2. The number of nitro benzene ring substituents is 1. The second-order valence-electron chi connectivity index (χ2n) is 5.69. The van der Waals surface area contributed by atoms with Crippen molar-refractivity contribution in [2.75, 3.05) is 25.1 Å². The van der Waals surface area contributed by atoms with Gasteiger partial charge in [-0.05, 0) is 44.4 Å². The standard InChI is InChI=1S/C15H21N3O3/c1-21-14-8-2-6-13(15(14)18(19)20)17-10-4-7-12(17)11-5-3-9-16-11/h2,6,8,11-12,16H,3-5,7,9-10H2,1H3. The normalized spacial score (nSPS) is 25.3. The van der Waals surface area contributed by atoms with Crippen molar-refractivity contribution >= 4 is 11.4 Å². The van der Waals surface area contributed by atoms with Gasteiger partial charge in [-0.15, -0.1) is 0 Å². The highest BCUT2D eigenvalue weighted by molar-refractivity contribution is 5.70. The predicted octanol–water partition coefficient (Wildman–Crippen LogP) is 2.32. The Hall–Kier alpha value is -1.82. The van der Waals surface area contributed by atoms with Gasteiger partial charge in [0.2, 0.25) is 0 Å². The van der Waals surface area contributed by atoms with Crippen molar-refractivity contribution in [3.63, 3.8) is 0 Å². The summed E-state index contributed by atoms with van der Waals surface area (Å²) in [6.45, 7) is 1.92.